The zero-order valence-corrected chi connectivity index (χ0v) is 11.6. The van der Waals surface area contributed by atoms with E-state index >= 15 is 0 Å². The van der Waals surface area contributed by atoms with Gasteiger partial charge >= 0.3 is 0 Å². The third-order valence-electron chi connectivity index (χ3n) is 3.90. The van der Waals surface area contributed by atoms with Crippen molar-refractivity contribution in [2.24, 2.45) is 11.7 Å². The van der Waals surface area contributed by atoms with E-state index in [1.165, 1.54) is 36.8 Å². The van der Waals surface area contributed by atoms with Crippen LogP contribution in [0.1, 0.15) is 44.2 Å². The highest BCUT2D eigenvalue weighted by Crippen LogP contribution is 2.25. The van der Waals surface area contributed by atoms with Crippen LogP contribution in [0.3, 0.4) is 0 Å². The second kappa shape index (κ2) is 6.24. The van der Waals surface area contributed by atoms with Crippen molar-refractivity contribution in [1.29, 1.82) is 0 Å². The molecule has 1 aliphatic carbocycles. The Morgan fingerprint density at radius 1 is 1.17 bits per heavy atom. The summed E-state index contributed by atoms with van der Waals surface area (Å²) in [7, 11) is 0. The SMILES string of the molecule is CC(C)C(N)CCOc1ccc2c(c1)CCCC2. The molecule has 18 heavy (non-hydrogen) atoms. The van der Waals surface area contributed by atoms with Crippen LogP contribution in [0.2, 0.25) is 0 Å². The first-order chi connectivity index (χ1) is 8.66. The monoisotopic (exact) mass is 247 g/mol. The van der Waals surface area contributed by atoms with Crippen molar-refractivity contribution in [2.75, 3.05) is 6.61 Å². The van der Waals surface area contributed by atoms with Gasteiger partial charge in [-0.2, -0.15) is 0 Å². The van der Waals surface area contributed by atoms with E-state index in [0.717, 1.165) is 18.8 Å². The summed E-state index contributed by atoms with van der Waals surface area (Å²) < 4.78 is 5.81. The van der Waals surface area contributed by atoms with Crippen molar-refractivity contribution < 1.29 is 4.74 Å². The van der Waals surface area contributed by atoms with Crippen molar-refractivity contribution in [3.05, 3.63) is 29.3 Å². The molecule has 0 bridgehead atoms. The number of ether oxygens (including phenoxy) is 1. The summed E-state index contributed by atoms with van der Waals surface area (Å²) in [4.78, 5) is 0. The molecule has 0 heterocycles. The van der Waals surface area contributed by atoms with Crippen molar-refractivity contribution in [3.8, 4) is 5.75 Å². The van der Waals surface area contributed by atoms with Gasteiger partial charge in [-0.05, 0) is 61.3 Å². The van der Waals surface area contributed by atoms with Crippen molar-refractivity contribution in [3.63, 3.8) is 0 Å². The molecule has 0 fully saturated rings. The number of aryl methyl sites for hydroxylation is 2. The van der Waals surface area contributed by atoms with E-state index in [-0.39, 0.29) is 6.04 Å². The zero-order valence-electron chi connectivity index (χ0n) is 11.6. The standard InChI is InChI=1S/C16H25NO/c1-12(2)16(17)9-10-18-15-8-7-13-5-3-4-6-14(13)11-15/h7-8,11-12,16H,3-6,9-10,17H2,1-2H3. The fourth-order valence-corrected chi connectivity index (χ4v) is 2.45. The van der Waals surface area contributed by atoms with Gasteiger partial charge in [0.15, 0.2) is 0 Å². The van der Waals surface area contributed by atoms with Gasteiger partial charge in [0.1, 0.15) is 5.75 Å². The first kappa shape index (κ1) is 13.4. The van der Waals surface area contributed by atoms with Crippen LogP contribution < -0.4 is 10.5 Å². The van der Waals surface area contributed by atoms with Crippen LogP contribution in [-0.4, -0.2) is 12.6 Å². The largest absolute Gasteiger partial charge is 0.494 e. The molecular weight excluding hydrogens is 222 g/mol. The molecule has 100 valence electrons. The second-order valence-electron chi connectivity index (χ2n) is 5.68. The topological polar surface area (TPSA) is 35.2 Å². The van der Waals surface area contributed by atoms with E-state index in [4.69, 9.17) is 10.5 Å². The highest BCUT2D eigenvalue weighted by atomic mass is 16.5. The summed E-state index contributed by atoms with van der Waals surface area (Å²) in [6, 6.07) is 6.79. The van der Waals surface area contributed by atoms with Crippen LogP contribution in [0.25, 0.3) is 0 Å². The lowest BCUT2D eigenvalue weighted by molar-refractivity contribution is 0.282. The third kappa shape index (κ3) is 3.49. The van der Waals surface area contributed by atoms with Gasteiger partial charge in [0.2, 0.25) is 0 Å². The summed E-state index contributed by atoms with van der Waals surface area (Å²) in [5, 5.41) is 0. The number of fused-ring (bicyclic) bond motifs is 1. The molecule has 0 amide bonds. The fraction of sp³-hybridized carbons (Fsp3) is 0.625. The maximum atomic E-state index is 6.01. The molecule has 0 saturated carbocycles. The van der Waals surface area contributed by atoms with Crippen molar-refractivity contribution in [2.45, 2.75) is 52.0 Å². The Morgan fingerprint density at radius 3 is 2.61 bits per heavy atom. The van der Waals surface area contributed by atoms with Crippen LogP contribution in [-0.2, 0) is 12.8 Å². The van der Waals surface area contributed by atoms with Gasteiger partial charge in [0.05, 0.1) is 6.61 Å². The normalized spacial score (nSPS) is 16.4. The molecule has 1 aromatic carbocycles. The van der Waals surface area contributed by atoms with Gasteiger partial charge < -0.3 is 10.5 Å². The van der Waals surface area contributed by atoms with Crippen LogP contribution in [0.4, 0.5) is 0 Å². The van der Waals surface area contributed by atoms with Gasteiger partial charge in [-0.15, -0.1) is 0 Å². The molecule has 2 heteroatoms. The molecule has 1 aromatic rings. The van der Waals surface area contributed by atoms with Crippen LogP contribution in [0, 0.1) is 5.92 Å². The Labute approximate surface area is 111 Å². The van der Waals surface area contributed by atoms with Crippen molar-refractivity contribution in [1.82, 2.24) is 0 Å². The van der Waals surface area contributed by atoms with Crippen LogP contribution >= 0.6 is 0 Å². The summed E-state index contributed by atoms with van der Waals surface area (Å²) in [5.41, 5.74) is 9.00. The maximum absolute atomic E-state index is 6.01. The Morgan fingerprint density at radius 2 is 1.89 bits per heavy atom. The molecule has 1 unspecified atom stereocenters. The van der Waals surface area contributed by atoms with Gasteiger partial charge in [-0.25, -0.2) is 0 Å². The number of rotatable bonds is 5. The smallest absolute Gasteiger partial charge is 0.119 e. The highest BCUT2D eigenvalue weighted by molar-refractivity contribution is 5.37. The molecule has 1 aliphatic rings. The van der Waals surface area contributed by atoms with E-state index in [9.17, 15) is 0 Å². The Balaban J connectivity index is 1.86. The number of hydrogen-bond donors (Lipinski definition) is 1. The van der Waals surface area contributed by atoms with Gasteiger partial charge in [0.25, 0.3) is 0 Å². The Kier molecular flexibility index (Phi) is 4.65. The first-order valence-electron chi connectivity index (χ1n) is 7.17. The molecule has 1 atom stereocenters. The molecule has 0 aromatic heterocycles. The highest BCUT2D eigenvalue weighted by Gasteiger charge is 2.11. The van der Waals surface area contributed by atoms with Gasteiger partial charge in [-0.3, -0.25) is 0 Å². The van der Waals surface area contributed by atoms with E-state index in [1.807, 2.05) is 0 Å². The minimum atomic E-state index is 0.239. The lowest BCUT2D eigenvalue weighted by atomic mass is 9.92. The summed E-state index contributed by atoms with van der Waals surface area (Å²) >= 11 is 0. The number of nitrogens with two attached hydrogens (primary N) is 1. The van der Waals surface area contributed by atoms with E-state index in [0.29, 0.717) is 5.92 Å². The zero-order chi connectivity index (χ0) is 13.0. The molecular formula is C16H25NO. The minimum absolute atomic E-state index is 0.239. The number of benzene rings is 1. The second-order valence-corrected chi connectivity index (χ2v) is 5.68. The molecule has 0 radical (unpaired) electrons. The molecule has 2 rings (SSSR count). The third-order valence-corrected chi connectivity index (χ3v) is 3.90. The Hall–Kier alpha value is -1.02. The predicted octanol–water partition coefficient (Wildman–Crippen LogP) is 3.32. The molecule has 0 aliphatic heterocycles. The Bertz CT molecular complexity index is 387. The lowest BCUT2D eigenvalue weighted by Crippen LogP contribution is -2.28. The average Bonchev–Trinajstić information content (AvgIpc) is 2.38. The summed E-state index contributed by atoms with van der Waals surface area (Å²) in [6.45, 7) is 5.03. The quantitative estimate of drug-likeness (QED) is 0.866. The predicted molar refractivity (Wildman–Crippen MR) is 76.0 cm³/mol. The molecule has 2 N–H and O–H groups in total. The summed E-state index contributed by atoms with van der Waals surface area (Å²) in [5.74, 6) is 1.53. The van der Waals surface area contributed by atoms with Crippen LogP contribution in [0.5, 0.6) is 5.75 Å². The van der Waals surface area contributed by atoms with E-state index in [2.05, 4.69) is 32.0 Å². The minimum Gasteiger partial charge on any atom is -0.494 e. The molecule has 0 spiro atoms. The molecule has 2 nitrogen and oxygen atoms in total. The van der Waals surface area contributed by atoms with E-state index in [1.54, 1.807) is 0 Å². The maximum Gasteiger partial charge on any atom is 0.119 e. The van der Waals surface area contributed by atoms with Gasteiger partial charge in [0, 0.05) is 6.04 Å². The van der Waals surface area contributed by atoms with E-state index < -0.39 is 0 Å². The van der Waals surface area contributed by atoms with Crippen molar-refractivity contribution >= 4 is 0 Å². The van der Waals surface area contributed by atoms with Gasteiger partial charge in [-0.1, -0.05) is 19.9 Å². The lowest BCUT2D eigenvalue weighted by Gasteiger charge is -2.18. The first-order valence-corrected chi connectivity index (χ1v) is 7.17. The number of hydrogen-bond acceptors (Lipinski definition) is 2. The van der Waals surface area contributed by atoms with Crippen LogP contribution in [0.15, 0.2) is 18.2 Å². The molecule has 0 saturated heterocycles. The summed E-state index contributed by atoms with van der Waals surface area (Å²) in [6.07, 6.45) is 6.01. The fourth-order valence-electron chi connectivity index (χ4n) is 2.45. The average molecular weight is 247 g/mol.